The van der Waals surface area contributed by atoms with Gasteiger partial charge in [-0.15, -0.1) is 0 Å². The van der Waals surface area contributed by atoms with Crippen molar-refractivity contribution in [2.24, 2.45) is 5.73 Å². The third-order valence-electron chi connectivity index (χ3n) is 3.11. The third-order valence-corrected chi connectivity index (χ3v) is 4.42. The van der Waals surface area contributed by atoms with E-state index in [1.54, 1.807) is 0 Å². The van der Waals surface area contributed by atoms with Crippen molar-refractivity contribution < 1.29 is 4.39 Å². The van der Waals surface area contributed by atoms with Crippen LogP contribution in [0.5, 0.6) is 0 Å². The largest absolute Gasteiger partial charge is 0.320 e. The zero-order valence-electron chi connectivity index (χ0n) is 10.7. The Morgan fingerprint density at radius 1 is 1.26 bits per heavy atom. The van der Waals surface area contributed by atoms with Crippen molar-refractivity contribution in [2.75, 3.05) is 0 Å². The molecule has 0 aliphatic carbocycles. The van der Waals surface area contributed by atoms with Crippen LogP contribution in [0.15, 0.2) is 34.8 Å². The molecule has 0 saturated carbocycles. The van der Waals surface area contributed by atoms with E-state index in [0.29, 0.717) is 16.1 Å². The predicted molar refractivity (Wildman–Crippen MR) is 81.1 cm³/mol. The van der Waals surface area contributed by atoms with Crippen molar-refractivity contribution in [3.05, 3.63) is 67.9 Å². The van der Waals surface area contributed by atoms with Gasteiger partial charge in [-0.1, -0.05) is 29.8 Å². The number of rotatable bonds is 2. The van der Waals surface area contributed by atoms with E-state index < -0.39 is 6.04 Å². The van der Waals surface area contributed by atoms with E-state index in [1.165, 1.54) is 6.07 Å². The van der Waals surface area contributed by atoms with Gasteiger partial charge in [0.2, 0.25) is 0 Å². The molecule has 0 spiro atoms. The Balaban J connectivity index is 2.56. The minimum Gasteiger partial charge on any atom is -0.320 e. The highest BCUT2D eigenvalue weighted by molar-refractivity contribution is 9.10. The number of hydrogen-bond acceptors (Lipinski definition) is 1. The van der Waals surface area contributed by atoms with Crippen LogP contribution in [0, 0.1) is 19.7 Å². The summed E-state index contributed by atoms with van der Waals surface area (Å²) < 4.78 is 14.9. The van der Waals surface area contributed by atoms with Gasteiger partial charge in [-0.3, -0.25) is 0 Å². The first-order chi connectivity index (χ1) is 8.91. The Bertz CT molecular complexity index is 605. The molecule has 0 fully saturated rings. The second kappa shape index (κ2) is 5.61. The highest BCUT2D eigenvalue weighted by Gasteiger charge is 2.19. The van der Waals surface area contributed by atoms with E-state index in [2.05, 4.69) is 15.9 Å². The molecule has 0 aliphatic rings. The van der Waals surface area contributed by atoms with Gasteiger partial charge in [-0.05, 0) is 58.6 Å². The molecule has 2 aromatic rings. The first-order valence-electron chi connectivity index (χ1n) is 5.88. The number of aryl methyl sites for hydroxylation is 2. The molecule has 0 aromatic heterocycles. The molecule has 1 atom stereocenters. The Hall–Kier alpha value is -0.900. The summed E-state index contributed by atoms with van der Waals surface area (Å²) in [6, 6.07) is 8.32. The maximum atomic E-state index is 14.1. The Kier molecular flexibility index (Phi) is 4.29. The molecule has 2 rings (SSSR count). The molecule has 19 heavy (non-hydrogen) atoms. The maximum absolute atomic E-state index is 14.1. The van der Waals surface area contributed by atoms with E-state index in [4.69, 9.17) is 17.3 Å². The molecule has 0 saturated heterocycles. The molecule has 2 N–H and O–H groups in total. The van der Waals surface area contributed by atoms with Gasteiger partial charge < -0.3 is 5.73 Å². The summed E-state index contributed by atoms with van der Waals surface area (Å²) in [5, 5.41) is 0.523. The van der Waals surface area contributed by atoms with E-state index in [1.807, 2.05) is 38.1 Å². The monoisotopic (exact) mass is 341 g/mol. The Morgan fingerprint density at radius 2 is 1.95 bits per heavy atom. The van der Waals surface area contributed by atoms with Gasteiger partial charge in [0.1, 0.15) is 5.82 Å². The van der Waals surface area contributed by atoms with Crippen molar-refractivity contribution in [1.29, 1.82) is 0 Å². The third kappa shape index (κ3) is 2.83. The molecule has 0 radical (unpaired) electrons. The van der Waals surface area contributed by atoms with E-state index >= 15 is 0 Å². The first-order valence-corrected chi connectivity index (χ1v) is 7.05. The fourth-order valence-electron chi connectivity index (χ4n) is 2.24. The van der Waals surface area contributed by atoms with Crippen LogP contribution < -0.4 is 5.73 Å². The van der Waals surface area contributed by atoms with Crippen molar-refractivity contribution >= 4 is 27.5 Å². The summed E-state index contributed by atoms with van der Waals surface area (Å²) in [7, 11) is 0. The Morgan fingerprint density at radius 3 is 2.58 bits per heavy atom. The lowest BCUT2D eigenvalue weighted by Gasteiger charge is -2.18. The standard InChI is InChI=1S/C15H14BrClFN/c1-8-6-9(2)13(12(18)7-8)15(19)10-4-3-5-11(16)14(10)17/h3-7,15H,19H2,1-2H3. The van der Waals surface area contributed by atoms with E-state index in [-0.39, 0.29) is 5.82 Å². The molecule has 0 bridgehead atoms. The van der Waals surface area contributed by atoms with Gasteiger partial charge in [-0.2, -0.15) is 0 Å². The second-order valence-corrected chi connectivity index (χ2v) is 5.83. The average molecular weight is 343 g/mol. The number of nitrogens with two attached hydrogens (primary N) is 1. The summed E-state index contributed by atoms with van der Waals surface area (Å²) >= 11 is 9.58. The summed E-state index contributed by atoms with van der Waals surface area (Å²) in [4.78, 5) is 0. The lowest BCUT2D eigenvalue weighted by atomic mass is 9.94. The van der Waals surface area contributed by atoms with Crippen LogP contribution in [0.3, 0.4) is 0 Å². The van der Waals surface area contributed by atoms with Crippen molar-refractivity contribution in [3.63, 3.8) is 0 Å². The molecule has 0 aliphatic heterocycles. The molecule has 2 aromatic carbocycles. The lowest BCUT2D eigenvalue weighted by Crippen LogP contribution is -2.16. The van der Waals surface area contributed by atoms with Gasteiger partial charge in [0, 0.05) is 10.0 Å². The van der Waals surface area contributed by atoms with Crippen LogP contribution >= 0.6 is 27.5 Å². The average Bonchev–Trinajstić information content (AvgIpc) is 2.31. The maximum Gasteiger partial charge on any atom is 0.128 e. The summed E-state index contributed by atoms with van der Waals surface area (Å²) in [5.41, 5.74) is 9.11. The summed E-state index contributed by atoms with van der Waals surface area (Å²) in [5.74, 6) is -0.291. The van der Waals surface area contributed by atoms with Crippen LogP contribution in [-0.2, 0) is 0 Å². The van der Waals surface area contributed by atoms with Crippen molar-refractivity contribution in [3.8, 4) is 0 Å². The van der Waals surface area contributed by atoms with Gasteiger partial charge in [0.15, 0.2) is 0 Å². The quantitative estimate of drug-likeness (QED) is 0.825. The van der Waals surface area contributed by atoms with Crippen LogP contribution in [0.4, 0.5) is 4.39 Å². The summed E-state index contributed by atoms with van der Waals surface area (Å²) in [6.07, 6.45) is 0. The van der Waals surface area contributed by atoms with Gasteiger partial charge in [-0.25, -0.2) is 4.39 Å². The topological polar surface area (TPSA) is 26.0 Å². The lowest BCUT2D eigenvalue weighted by molar-refractivity contribution is 0.596. The molecular weight excluding hydrogens is 329 g/mol. The molecule has 1 unspecified atom stereocenters. The normalized spacial score (nSPS) is 12.5. The van der Waals surface area contributed by atoms with Gasteiger partial charge in [0.25, 0.3) is 0 Å². The highest BCUT2D eigenvalue weighted by Crippen LogP contribution is 2.34. The fourth-order valence-corrected chi connectivity index (χ4v) is 2.86. The van der Waals surface area contributed by atoms with E-state index in [0.717, 1.165) is 15.6 Å². The molecular formula is C15H14BrClFN. The van der Waals surface area contributed by atoms with Crippen molar-refractivity contribution in [2.45, 2.75) is 19.9 Å². The SMILES string of the molecule is Cc1cc(C)c(C(N)c2cccc(Br)c2Cl)c(F)c1. The molecule has 4 heteroatoms. The molecule has 100 valence electrons. The summed E-state index contributed by atoms with van der Waals surface area (Å²) in [6.45, 7) is 3.72. The van der Waals surface area contributed by atoms with E-state index in [9.17, 15) is 4.39 Å². The van der Waals surface area contributed by atoms with Gasteiger partial charge >= 0.3 is 0 Å². The smallest absolute Gasteiger partial charge is 0.128 e. The van der Waals surface area contributed by atoms with Crippen LogP contribution in [0.25, 0.3) is 0 Å². The molecule has 0 heterocycles. The first kappa shape index (κ1) is 14.5. The zero-order valence-corrected chi connectivity index (χ0v) is 13.0. The predicted octanol–water partition coefficient (Wildman–Crippen LogP) is 4.91. The fraction of sp³-hybridized carbons (Fsp3) is 0.200. The number of benzene rings is 2. The van der Waals surface area contributed by atoms with Gasteiger partial charge in [0.05, 0.1) is 11.1 Å². The van der Waals surface area contributed by atoms with Crippen LogP contribution in [-0.4, -0.2) is 0 Å². The highest BCUT2D eigenvalue weighted by atomic mass is 79.9. The zero-order chi connectivity index (χ0) is 14.2. The Labute approximate surface area is 125 Å². The minimum atomic E-state index is -0.578. The van der Waals surface area contributed by atoms with Crippen LogP contribution in [0.1, 0.15) is 28.3 Å². The number of halogens is 3. The van der Waals surface area contributed by atoms with Crippen molar-refractivity contribution in [1.82, 2.24) is 0 Å². The molecule has 1 nitrogen and oxygen atoms in total. The van der Waals surface area contributed by atoms with Crippen LogP contribution in [0.2, 0.25) is 5.02 Å². The minimum absolute atomic E-state index is 0.291. The molecule has 0 amide bonds. The number of hydrogen-bond donors (Lipinski definition) is 1. The second-order valence-electron chi connectivity index (χ2n) is 4.60.